The van der Waals surface area contributed by atoms with Crippen LogP contribution in [0.2, 0.25) is 0 Å². The topological polar surface area (TPSA) is 57.5 Å². The Hall–Kier alpha value is -0.640. The molecule has 2 N–H and O–H groups in total. The molecule has 0 aliphatic carbocycles. The quantitative estimate of drug-likeness (QED) is 0.620. The van der Waals surface area contributed by atoms with Crippen LogP contribution in [0.5, 0.6) is 0 Å². The van der Waals surface area contributed by atoms with Crippen molar-refractivity contribution in [3.63, 3.8) is 0 Å². The third kappa shape index (κ3) is 3.32. The van der Waals surface area contributed by atoms with Gasteiger partial charge in [0.15, 0.2) is 0 Å². The van der Waals surface area contributed by atoms with Crippen LogP contribution in [0.25, 0.3) is 0 Å². The lowest BCUT2D eigenvalue weighted by atomic mass is 9.93. The Bertz CT molecular complexity index is 127. The first-order valence-electron chi connectivity index (χ1n) is 3.36. The number of carboxylic acid groups (broad SMARTS) is 1. The molecule has 2 atom stereocenters. The molecular weight excluding hydrogens is 151 g/mol. The van der Waals surface area contributed by atoms with Crippen LogP contribution in [0.1, 0.15) is 6.92 Å². The highest BCUT2D eigenvalue weighted by atomic mass is 19.1. The minimum absolute atomic E-state index is 0.217. The molecule has 0 bridgehead atoms. The van der Waals surface area contributed by atoms with Gasteiger partial charge in [0.1, 0.15) is 6.67 Å². The molecule has 4 heteroatoms. The predicted octanol–water partition coefficient (Wildman–Crippen LogP) is 0.489. The van der Waals surface area contributed by atoms with Crippen LogP contribution < -0.4 is 0 Å². The van der Waals surface area contributed by atoms with Gasteiger partial charge in [-0.15, -0.1) is 0 Å². The van der Waals surface area contributed by atoms with Gasteiger partial charge < -0.3 is 10.2 Å². The van der Waals surface area contributed by atoms with E-state index in [9.17, 15) is 9.18 Å². The number of alkyl halides is 1. The van der Waals surface area contributed by atoms with Crippen LogP contribution in [0.15, 0.2) is 0 Å². The number of aliphatic hydroxyl groups is 1. The molecule has 0 rings (SSSR count). The maximum absolute atomic E-state index is 12.0. The lowest BCUT2D eigenvalue weighted by molar-refractivity contribution is -0.143. The summed E-state index contributed by atoms with van der Waals surface area (Å²) in [6, 6.07) is 0. The van der Waals surface area contributed by atoms with Gasteiger partial charge in [0.2, 0.25) is 0 Å². The molecule has 2 unspecified atom stereocenters. The molecule has 0 aromatic rings. The maximum Gasteiger partial charge on any atom is 0.309 e. The van der Waals surface area contributed by atoms with E-state index in [1.165, 1.54) is 6.42 Å². The minimum atomic E-state index is -1.16. The Morgan fingerprint density at radius 1 is 1.73 bits per heavy atom. The fourth-order valence-corrected chi connectivity index (χ4v) is 0.762. The molecule has 0 heterocycles. The number of halogens is 1. The van der Waals surface area contributed by atoms with Gasteiger partial charge in [0.05, 0.1) is 5.92 Å². The van der Waals surface area contributed by atoms with Crippen molar-refractivity contribution in [2.75, 3.05) is 13.3 Å². The molecule has 0 saturated carbocycles. The molecule has 0 amide bonds. The average molecular weight is 163 g/mol. The van der Waals surface area contributed by atoms with Crippen molar-refractivity contribution in [1.29, 1.82) is 0 Å². The fourth-order valence-electron chi connectivity index (χ4n) is 0.762. The van der Waals surface area contributed by atoms with E-state index < -0.39 is 24.5 Å². The summed E-state index contributed by atoms with van der Waals surface area (Å²) in [7, 11) is 0. The monoisotopic (exact) mass is 163 g/mol. The van der Waals surface area contributed by atoms with Gasteiger partial charge >= 0.3 is 5.97 Å². The van der Waals surface area contributed by atoms with Gasteiger partial charge in [0.25, 0.3) is 0 Å². The van der Waals surface area contributed by atoms with E-state index in [1.807, 2.05) is 0 Å². The van der Waals surface area contributed by atoms with E-state index in [1.54, 1.807) is 6.92 Å². The van der Waals surface area contributed by atoms with E-state index in [4.69, 9.17) is 10.2 Å². The molecule has 0 saturated heterocycles. The van der Waals surface area contributed by atoms with Crippen molar-refractivity contribution >= 4 is 5.97 Å². The van der Waals surface area contributed by atoms with Crippen molar-refractivity contribution in [3.8, 4) is 0 Å². The van der Waals surface area contributed by atoms with E-state index in [-0.39, 0.29) is 6.61 Å². The van der Waals surface area contributed by atoms with Crippen LogP contribution in [-0.2, 0) is 4.79 Å². The van der Waals surface area contributed by atoms with E-state index in [0.717, 1.165) is 0 Å². The van der Waals surface area contributed by atoms with Gasteiger partial charge in [-0.3, -0.25) is 9.18 Å². The second-order valence-electron chi connectivity index (χ2n) is 2.38. The van der Waals surface area contributed by atoms with Crippen LogP contribution in [-0.4, -0.2) is 29.5 Å². The van der Waals surface area contributed by atoms with Crippen molar-refractivity contribution in [2.45, 2.75) is 6.92 Å². The lowest BCUT2D eigenvalue weighted by Crippen LogP contribution is -2.24. The fraction of sp³-hybridized carbons (Fsp3) is 0.714. The Morgan fingerprint density at radius 2 is 2.27 bits per heavy atom. The van der Waals surface area contributed by atoms with E-state index in [2.05, 4.69) is 0 Å². The van der Waals surface area contributed by atoms with E-state index in [0.29, 0.717) is 0 Å². The number of hydrogen-bond acceptors (Lipinski definition) is 2. The number of aliphatic carboxylic acids is 1. The molecule has 11 heavy (non-hydrogen) atoms. The van der Waals surface area contributed by atoms with Crippen molar-refractivity contribution in [2.24, 2.45) is 11.8 Å². The highest BCUT2D eigenvalue weighted by Crippen LogP contribution is 2.14. The first-order chi connectivity index (χ1) is 5.13. The van der Waals surface area contributed by atoms with Gasteiger partial charge in [-0.05, 0) is 12.3 Å². The molecule has 3 nitrogen and oxygen atoms in total. The lowest BCUT2D eigenvalue weighted by Gasteiger charge is -2.14. The Labute approximate surface area is 64.8 Å². The first-order valence-corrected chi connectivity index (χ1v) is 3.36. The molecule has 0 spiro atoms. The summed E-state index contributed by atoms with van der Waals surface area (Å²) in [6.45, 7) is 0.451. The first kappa shape index (κ1) is 10.4. The van der Waals surface area contributed by atoms with Crippen molar-refractivity contribution in [3.05, 3.63) is 6.42 Å². The standard InChI is InChI=1S/C7H12FO3/c1-5(2-3-9)6(4-8)7(10)11/h2,5-6,9H,3-4H2,1H3,(H,10,11). The second kappa shape index (κ2) is 5.07. The summed E-state index contributed by atoms with van der Waals surface area (Å²) < 4.78 is 12.0. The third-order valence-electron chi connectivity index (χ3n) is 1.60. The number of carbonyl (C=O) groups is 1. The van der Waals surface area contributed by atoms with Gasteiger partial charge in [0, 0.05) is 6.61 Å². The van der Waals surface area contributed by atoms with Gasteiger partial charge in [-0.25, -0.2) is 0 Å². The molecule has 1 radical (unpaired) electrons. The maximum atomic E-state index is 12.0. The molecule has 0 aromatic carbocycles. The Morgan fingerprint density at radius 3 is 2.55 bits per heavy atom. The predicted molar refractivity (Wildman–Crippen MR) is 37.7 cm³/mol. The Balaban J connectivity index is 3.91. The number of carboxylic acids is 1. The minimum Gasteiger partial charge on any atom is -0.481 e. The van der Waals surface area contributed by atoms with Gasteiger partial charge in [-0.2, -0.15) is 0 Å². The smallest absolute Gasteiger partial charge is 0.309 e. The second-order valence-corrected chi connectivity index (χ2v) is 2.38. The van der Waals surface area contributed by atoms with Crippen LogP contribution in [0.4, 0.5) is 4.39 Å². The van der Waals surface area contributed by atoms with E-state index >= 15 is 0 Å². The average Bonchev–Trinajstić information content (AvgIpc) is 1.88. The highest BCUT2D eigenvalue weighted by molar-refractivity contribution is 5.70. The molecule has 65 valence electrons. The summed E-state index contributed by atoms with van der Waals surface area (Å²) in [6.07, 6.45) is 1.37. The number of rotatable bonds is 5. The zero-order valence-corrected chi connectivity index (χ0v) is 6.33. The molecule has 0 fully saturated rings. The zero-order valence-electron chi connectivity index (χ0n) is 6.33. The highest BCUT2D eigenvalue weighted by Gasteiger charge is 2.23. The van der Waals surface area contributed by atoms with Crippen molar-refractivity contribution in [1.82, 2.24) is 0 Å². The summed E-state index contributed by atoms with van der Waals surface area (Å²) >= 11 is 0. The zero-order chi connectivity index (χ0) is 8.85. The van der Waals surface area contributed by atoms with Crippen LogP contribution >= 0.6 is 0 Å². The largest absolute Gasteiger partial charge is 0.481 e. The van der Waals surface area contributed by atoms with Crippen LogP contribution in [0, 0.1) is 18.3 Å². The summed E-state index contributed by atoms with van der Waals surface area (Å²) in [5, 5.41) is 16.8. The molecule has 0 aliphatic rings. The van der Waals surface area contributed by atoms with Crippen LogP contribution in [0.3, 0.4) is 0 Å². The Kier molecular flexibility index (Phi) is 4.77. The third-order valence-corrected chi connectivity index (χ3v) is 1.60. The number of aliphatic hydroxyl groups excluding tert-OH is 1. The van der Waals surface area contributed by atoms with Gasteiger partial charge in [-0.1, -0.05) is 6.92 Å². The SMILES string of the molecule is CC([CH]CO)C(CF)C(=O)O. The summed E-state index contributed by atoms with van der Waals surface area (Å²) in [5.74, 6) is -2.62. The van der Waals surface area contributed by atoms with Crippen molar-refractivity contribution < 1.29 is 19.4 Å². The molecule has 0 aromatic heterocycles. The summed E-state index contributed by atoms with van der Waals surface area (Å²) in [4.78, 5) is 10.3. The molecular formula is C7H12FO3. The normalized spacial score (nSPS) is 15.9. The molecule has 0 aliphatic heterocycles. The summed E-state index contributed by atoms with van der Waals surface area (Å²) in [5.41, 5.74) is 0. The number of hydrogen-bond donors (Lipinski definition) is 2.